The fourth-order valence-electron chi connectivity index (χ4n) is 8.28. The predicted molar refractivity (Wildman–Crippen MR) is 198 cm³/mol. The molecule has 0 spiro atoms. The third kappa shape index (κ3) is 6.63. The fourth-order valence-corrected chi connectivity index (χ4v) is 8.28. The average Bonchev–Trinajstić information content (AvgIpc) is 3.47. The minimum atomic E-state index is -4.76. The maximum absolute atomic E-state index is 15.1. The number of hydrogen-bond acceptors (Lipinski definition) is 3. The first kappa shape index (κ1) is 33.2. The number of halogens is 3. The van der Waals surface area contributed by atoms with Crippen molar-refractivity contribution in [2.75, 3.05) is 0 Å². The molecular weight excluding hydrogens is 643 g/mol. The van der Waals surface area contributed by atoms with E-state index >= 15 is 13.2 Å². The molecule has 1 saturated carbocycles. The lowest BCUT2D eigenvalue weighted by molar-refractivity contribution is -0.113. The Morgan fingerprint density at radius 2 is 1.43 bits per heavy atom. The van der Waals surface area contributed by atoms with Crippen LogP contribution in [0.4, 0.5) is 13.2 Å². The Morgan fingerprint density at radius 3 is 2.10 bits per heavy atom. The van der Waals surface area contributed by atoms with E-state index in [1.54, 1.807) is 29.8 Å². The number of nitrogens with zero attached hydrogens (tertiary/aromatic N) is 3. The maximum atomic E-state index is 15.1. The molecule has 1 heterocycles. The third-order valence-electron chi connectivity index (χ3n) is 10.7. The zero-order valence-electron chi connectivity index (χ0n) is 28.7. The fraction of sp³-hybridized carbons (Fsp3) is 0.273. The van der Waals surface area contributed by atoms with Crippen LogP contribution < -0.4 is 0 Å². The number of aromatic nitrogens is 2. The number of carbonyl (C=O) groups is 1. The van der Waals surface area contributed by atoms with Crippen LogP contribution in [0.2, 0.25) is 0 Å². The van der Waals surface area contributed by atoms with E-state index in [1.807, 2.05) is 48.5 Å². The van der Waals surface area contributed by atoms with Crippen LogP contribution in [0.1, 0.15) is 77.2 Å². The zero-order valence-corrected chi connectivity index (χ0v) is 28.7. The SMILES string of the molecule is Cn1c(C2=C(C(F)(F)F)c3ccc(CN(Cc4ccccc4)Cc4ccccc4)cc3CC2=O)nc2ccc3cc(C4CCCCC4)ccc3c21. The van der Waals surface area contributed by atoms with Crippen molar-refractivity contribution in [1.82, 2.24) is 14.5 Å². The van der Waals surface area contributed by atoms with Gasteiger partial charge in [-0.15, -0.1) is 0 Å². The van der Waals surface area contributed by atoms with Gasteiger partial charge in [-0.1, -0.05) is 122 Å². The Kier molecular flexibility index (Phi) is 8.84. The normalized spacial score (nSPS) is 15.7. The number of imidazole rings is 1. The molecule has 1 aromatic heterocycles. The molecule has 0 saturated heterocycles. The van der Waals surface area contributed by atoms with Crippen LogP contribution >= 0.6 is 0 Å². The van der Waals surface area contributed by atoms with Crippen LogP contribution in [-0.4, -0.2) is 26.4 Å². The van der Waals surface area contributed by atoms with E-state index in [9.17, 15) is 4.79 Å². The van der Waals surface area contributed by atoms with Crippen molar-refractivity contribution >= 4 is 38.7 Å². The Balaban J connectivity index is 1.17. The molecule has 8 rings (SSSR count). The predicted octanol–water partition coefficient (Wildman–Crippen LogP) is 10.6. The minimum Gasteiger partial charge on any atom is -0.326 e. The molecule has 2 aliphatic rings. The summed E-state index contributed by atoms with van der Waals surface area (Å²) in [6.45, 7) is 1.86. The van der Waals surface area contributed by atoms with Gasteiger partial charge in [0.15, 0.2) is 5.78 Å². The number of allylic oxidation sites excluding steroid dienone is 2. The molecule has 7 heteroatoms. The second kappa shape index (κ2) is 13.6. The van der Waals surface area contributed by atoms with Crippen LogP contribution in [0.25, 0.3) is 33.0 Å². The molecule has 0 radical (unpaired) electrons. The highest BCUT2D eigenvalue weighted by molar-refractivity contribution is 6.30. The van der Waals surface area contributed by atoms with Gasteiger partial charge in [0.05, 0.1) is 22.2 Å². The van der Waals surface area contributed by atoms with Gasteiger partial charge in [0.2, 0.25) is 0 Å². The van der Waals surface area contributed by atoms with Crippen molar-refractivity contribution in [3.8, 4) is 0 Å². The summed E-state index contributed by atoms with van der Waals surface area (Å²) >= 11 is 0. The summed E-state index contributed by atoms with van der Waals surface area (Å²) in [5.74, 6) is 0.0224. The van der Waals surface area contributed by atoms with Gasteiger partial charge >= 0.3 is 6.18 Å². The Morgan fingerprint density at radius 1 is 0.765 bits per heavy atom. The first-order chi connectivity index (χ1) is 24.7. The van der Waals surface area contributed by atoms with Gasteiger partial charge in [-0.05, 0) is 63.6 Å². The van der Waals surface area contributed by atoms with Crippen molar-refractivity contribution in [3.63, 3.8) is 0 Å². The van der Waals surface area contributed by atoms with Crippen molar-refractivity contribution in [1.29, 1.82) is 0 Å². The van der Waals surface area contributed by atoms with Gasteiger partial charge < -0.3 is 4.57 Å². The number of carbonyl (C=O) groups excluding carboxylic acids is 1. The summed E-state index contributed by atoms with van der Waals surface area (Å²) in [6, 6.07) is 35.7. The first-order valence-corrected chi connectivity index (χ1v) is 17.9. The number of ketones is 1. The van der Waals surface area contributed by atoms with Gasteiger partial charge in [-0.3, -0.25) is 9.69 Å². The van der Waals surface area contributed by atoms with Crippen LogP contribution in [0.5, 0.6) is 0 Å². The number of benzene rings is 5. The summed E-state index contributed by atoms with van der Waals surface area (Å²) < 4.78 is 47.1. The van der Waals surface area contributed by atoms with Gasteiger partial charge in [0.25, 0.3) is 0 Å². The lowest BCUT2D eigenvalue weighted by Gasteiger charge is -2.26. The van der Waals surface area contributed by atoms with Crippen LogP contribution in [0.3, 0.4) is 0 Å². The Labute approximate surface area is 296 Å². The molecule has 0 bridgehead atoms. The summed E-state index contributed by atoms with van der Waals surface area (Å²) in [5, 5.41) is 1.96. The van der Waals surface area contributed by atoms with Gasteiger partial charge in [0, 0.05) is 38.5 Å². The molecule has 6 aromatic rings. The van der Waals surface area contributed by atoms with Crippen LogP contribution in [-0.2, 0) is 37.9 Å². The largest absolute Gasteiger partial charge is 0.417 e. The standard InChI is InChI=1S/C44H40F3N3O/c1-49-42-37-21-18-33(32-15-9-4-10-16-32)24-34(37)19-22-38(42)48-43(49)40-39(51)25-35-23-31(17-20-36(35)41(40)44(45,46)47)28-50(26-29-11-5-2-6-12-29)27-30-13-7-3-8-14-30/h2-3,5-8,11-14,17-24,32H,4,9-10,15-16,25-28H2,1H3. The molecule has 0 amide bonds. The van der Waals surface area contributed by atoms with E-state index < -0.39 is 17.5 Å². The number of aryl methyl sites for hydroxylation is 1. The molecule has 1 fully saturated rings. The molecule has 2 aliphatic carbocycles. The highest BCUT2D eigenvalue weighted by Crippen LogP contribution is 2.45. The number of rotatable bonds is 8. The molecule has 0 unspecified atom stereocenters. The maximum Gasteiger partial charge on any atom is 0.417 e. The topological polar surface area (TPSA) is 38.1 Å². The third-order valence-corrected chi connectivity index (χ3v) is 10.7. The lowest BCUT2D eigenvalue weighted by Crippen LogP contribution is -2.26. The number of hydrogen-bond donors (Lipinski definition) is 0. The van der Waals surface area contributed by atoms with Gasteiger partial charge in [0.1, 0.15) is 5.82 Å². The number of alkyl halides is 3. The molecule has 51 heavy (non-hydrogen) atoms. The highest BCUT2D eigenvalue weighted by atomic mass is 19.4. The molecule has 0 atom stereocenters. The first-order valence-electron chi connectivity index (χ1n) is 17.9. The van der Waals surface area contributed by atoms with Crippen molar-refractivity contribution in [3.05, 3.63) is 148 Å². The lowest BCUT2D eigenvalue weighted by atomic mass is 9.83. The highest BCUT2D eigenvalue weighted by Gasteiger charge is 2.44. The summed E-state index contributed by atoms with van der Waals surface area (Å²) in [7, 11) is 1.72. The average molecular weight is 684 g/mol. The quantitative estimate of drug-likeness (QED) is 0.160. The van der Waals surface area contributed by atoms with Crippen LogP contribution in [0, 0.1) is 0 Å². The summed E-state index contributed by atoms with van der Waals surface area (Å²) in [5.41, 5.74) is 4.95. The van der Waals surface area contributed by atoms with E-state index in [0.717, 1.165) is 33.0 Å². The number of fused-ring (bicyclic) bond motifs is 4. The molecular formula is C44H40F3N3O. The van der Waals surface area contributed by atoms with E-state index in [2.05, 4.69) is 47.4 Å². The van der Waals surface area contributed by atoms with E-state index in [-0.39, 0.29) is 23.4 Å². The molecule has 5 aromatic carbocycles. The molecule has 258 valence electrons. The van der Waals surface area contributed by atoms with E-state index in [0.29, 0.717) is 36.6 Å². The van der Waals surface area contributed by atoms with Gasteiger partial charge in [-0.2, -0.15) is 13.2 Å². The second-order valence-corrected chi connectivity index (χ2v) is 14.2. The number of Topliss-reactive ketones (excluding diaryl/α,β-unsaturated/α-hetero) is 1. The van der Waals surface area contributed by atoms with E-state index in [1.165, 1.54) is 37.7 Å². The smallest absolute Gasteiger partial charge is 0.326 e. The summed E-state index contributed by atoms with van der Waals surface area (Å²) in [4.78, 5) is 20.9. The summed E-state index contributed by atoms with van der Waals surface area (Å²) in [6.07, 6.45) is 1.25. The van der Waals surface area contributed by atoms with Crippen LogP contribution in [0.15, 0.2) is 109 Å². The van der Waals surface area contributed by atoms with Crippen molar-refractivity contribution in [2.45, 2.75) is 70.3 Å². The van der Waals surface area contributed by atoms with Gasteiger partial charge in [-0.25, -0.2) is 4.98 Å². The minimum absolute atomic E-state index is 0.0487. The molecule has 0 N–H and O–H groups in total. The van der Waals surface area contributed by atoms with E-state index in [4.69, 9.17) is 4.98 Å². The molecule has 0 aliphatic heterocycles. The monoisotopic (exact) mass is 683 g/mol. The Bertz CT molecular complexity index is 2220. The van der Waals surface area contributed by atoms with Crippen molar-refractivity contribution in [2.24, 2.45) is 7.05 Å². The zero-order chi connectivity index (χ0) is 35.1. The Hall–Kier alpha value is -5.01. The molecule has 4 nitrogen and oxygen atoms in total. The second-order valence-electron chi connectivity index (χ2n) is 14.2. The van der Waals surface area contributed by atoms with Crippen molar-refractivity contribution < 1.29 is 18.0 Å².